The van der Waals surface area contributed by atoms with Crippen LogP contribution in [0.5, 0.6) is 0 Å². The minimum atomic E-state index is -1.19. The molecular weight excluding hydrogens is 234 g/mol. The zero-order valence-electron chi connectivity index (χ0n) is 10.7. The Balaban J connectivity index is 1.99. The van der Waals surface area contributed by atoms with Crippen LogP contribution in [0.25, 0.3) is 0 Å². The number of hydrogen-bond acceptors (Lipinski definition) is 5. The van der Waals surface area contributed by atoms with Gasteiger partial charge >= 0.3 is 5.97 Å². The molecule has 18 heavy (non-hydrogen) atoms. The minimum absolute atomic E-state index is 0.0987. The van der Waals surface area contributed by atoms with Gasteiger partial charge in [0.25, 0.3) is 0 Å². The Morgan fingerprint density at radius 2 is 2.39 bits per heavy atom. The Hall–Kier alpha value is -1.47. The number of hydrogen-bond donors (Lipinski definition) is 2. The molecule has 0 aliphatic carbocycles. The van der Waals surface area contributed by atoms with Gasteiger partial charge in [-0.3, -0.25) is 9.69 Å². The van der Waals surface area contributed by atoms with Gasteiger partial charge in [-0.15, -0.1) is 10.2 Å². The second kappa shape index (κ2) is 4.66. The molecule has 0 bridgehead atoms. The Labute approximate surface area is 106 Å². The third-order valence-corrected chi connectivity index (χ3v) is 3.50. The average molecular weight is 253 g/mol. The van der Waals surface area contributed by atoms with Crippen molar-refractivity contribution in [1.82, 2.24) is 19.7 Å². The second-order valence-corrected chi connectivity index (χ2v) is 5.19. The number of nitrogens with two attached hydrogens (primary N) is 1. The Morgan fingerprint density at radius 3 is 3.06 bits per heavy atom. The molecule has 100 valence electrons. The summed E-state index contributed by atoms with van der Waals surface area (Å²) in [5.74, 6) is -0.0447. The zero-order chi connectivity index (χ0) is 13.3. The molecule has 0 aromatic carbocycles. The third-order valence-electron chi connectivity index (χ3n) is 3.50. The minimum Gasteiger partial charge on any atom is -0.480 e. The maximum atomic E-state index is 11.0. The molecule has 0 amide bonds. The largest absolute Gasteiger partial charge is 0.480 e. The smallest absolute Gasteiger partial charge is 0.323 e. The molecule has 1 aromatic rings. The fourth-order valence-electron chi connectivity index (χ4n) is 2.29. The SMILES string of the molecule is CC(CC(C)(N)C(=O)O)N1CCn2cnnc2C1. The highest BCUT2D eigenvalue weighted by atomic mass is 16.4. The molecule has 2 heterocycles. The van der Waals surface area contributed by atoms with Crippen molar-refractivity contribution in [2.75, 3.05) is 6.54 Å². The fraction of sp³-hybridized carbons (Fsp3) is 0.727. The van der Waals surface area contributed by atoms with Gasteiger partial charge in [0.1, 0.15) is 17.7 Å². The molecule has 3 N–H and O–H groups in total. The van der Waals surface area contributed by atoms with Crippen LogP contribution in [0, 0.1) is 0 Å². The van der Waals surface area contributed by atoms with Crippen molar-refractivity contribution in [3.63, 3.8) is 0 Å². The second-order valence-electron chi connectivity index (χ2n) is 5.19. The molecule has 0 spiro atoms. The van der Waals surface area contributed by atoms with Gasteiger partial charge in [-0.1, -0.05) is 0 Å². The Bertz CT molecular complexity index is 442. The lowest BCUT2D eigenvalue weighted by molar-refractivity contribution is -0.143. The molecular formula is C11H19N5O2. The standard InChI is InChI=1S/C11H19N5O2/c1-8(5-11(2,12)10(17)18)15-3-4-16-7-13-14-9(16)6-15/h7-8H,3-6,12H2,1-2H3,(H,17,18). The van der Waals surface area contributed by atoms with Gasteiger partial charge < -0.3 is 15.4 Å². The van der Waals surface area contributed by atoms with Gasteiger partial charge in [0.2, 0.25) is 0 Å². The highest BCUT2D eigenvalue weighted by Gasteiger charge is 2.33. The number of carbonyl (C=O) groups is 1. The molecule has 2 rings (SSSR count). The van der Waals surface area contributed by atoms with Crippen molar-refractivity contribution < 1.29 is 9.90 Å². The predicted molar refractivity (Wildman–Crippen MR) is 64.7 cm³/mol. The highest BCUT2D eigenvalue weighted by Crippen LogP contribution is 2.18. The van der Waals surface area contributed by atoms with Crippen LogP contribution >= 0.6 is 0 Å². The van der Waals surface area contributed by atoms with Crippen LogP contribution < -0.4 is 5.73 Å². The number of nitrogens with zero attached hydrogens (tertiary/aromatic N) is 4. The first-order valence-corrected chi connectivity index (χ1v) is 6.03. The van der Waals surface area contributed by atoms with E-state index in [0.29, 0.717) is 13.0 Å². The van der Waals surface area contributed by atoms with Gasteiger partial charge in [-0.25, -0.2) is 0 Å². The summed E-state index contributed by atoms with van der Waals surface area (Å²) in [5, 5.41) is 17.0. The topological polar surface area (TPSA) is 97.3 Å². The molecule has 7 heteroatoms. The first-order valence-electron chi connectivity index (χ1n) is 6.03. The quantitative estimate of drug-likeness (QED) is 0.763. The van der Waals surface area contributed by atoms with Crippen LogP contribution in [0.3, 0.4) is 0 Å². The molecule has 2 unspecified atom stereocenters. The highest BCUT2D eigenvalue weighted by molar-refractivity contribution is 5.77. The summed E-state index contributed by atoms with van der Waals surface area (Å²) in [6, 6.07) is 0.0987. The number of fused-ring (bicyclic) bond motifs is 1. The summed E-state index contributed by atoms with van der Waals surface area (Å²) in [7, 11) is 0. The van der Waals surface area contributed by atoms with Crippen LogP contribution in [0.15, 0.2) is 6.33 Å². The zero-order valence-corrected chi connectivity index (χ0v) is 10.7. The maximum absolute atomic E-state index is 11.0. The lowest BCUT2D eigenvalue weighted by Gasteiger charge is -2.35. The maximum Gasteiger partial charge on any atom is 0.323 e. The Kier molecular flexibility index (Phi) is 3.36. The molecule has 0 radical (unpaired) electrons. The summed E-state index contributed by atoms with van der Waals surface area (Å²) in [5.41, 5.74) is 4.59. The summed E-state index contributed by atoms with van der Waals surface area (Å²) in [4.78, 5) is 13.2. The van der Waals surface area contributed by atoms with Crippen molar-refractivity contribution in [3.05, 3.63) is 12.2 Å². The van der Waals surface area contributed by atoms with Gasteiger partial charge in [0.05, 0.1) is 6.54 Å². The number of carboxylic acid groups (broad SMARTS) is 1. The van der Waals surface area contributed by atoms with E-state index in [1.165, 1.54) is 0 Å². The molecule has 7 nitrogen and oxygen atoms in total. The first kappa shape index (κ1) is 13.0. The van der Waals surface area contributed by atoms with E-state index < -0.39 is 11.5 Å². The van der Waals surface area contributed by atoms with E-state index in [1.807, 2.05) is 11.5 Å². The van der Waals surface area contributed by atoms with Crippen LogP contribution in [0.4, 0.5) is 0 Å². The molecule has 0 saturated heterocycles. The molecule has 0 fully saturated rings. The van der Waals surface area contributed by atoms with E-state index in [9.17, 15) is 4.79 Å². The van der Waals surface area contributed by atoms with Gasteiger partial charge in [0.15, 0.2) is 0 Å². The summed E-state index contributed by atoms with van der Waals surface area (Å²) < 4.78 is 2.02. The summed E-state index contributed by atoms with van der Waals surface area (Å²) >= 11 is 0. The lowest BCUT2D eigenvalue weighted by Crippen LogP contribution is -2.51. The molecule has 0 saturated carbocycles. The van der Waals surface area contributed by atoms with E-state index in [-0.39, 0.29) is 6.04 Å². The predicted octanol–water partition coefficient (Wildman–Crippen LogP) is -0.326. The van der Waals surface area contributed by atoms with Crippen LogP contribution in [0.2, 0.25) is 0 Å². The molecule has 1 aliphatic rings. The van der Waals surface area contributed by atoms with Crippen molar-refractivity contribution in [1.29, 1.82) is 0 Å². The monoisotopic (exact) mass is 253 g/mol. The van der Waals surface area contributed by atoms with E-state index in [4.69, 9.17) is 10.8 Å². The number of rotatable bonds is 4. The van der Waals surface area contributed by atoms with E-state index in [1.54, 1.807) is 13.3 Å². The number of aromatic nitrogens is 3. The fourth-order valence-corrected chi connectivity index (χ4v) is 2.29. The lowest BCUT2D eigenvalue weighted by atomic mass is 9.94. The number of carboxylic acids is 1. The van der Waals surface area contributed by atoms with Crippen molar-refractivity contribution >= 4 is 5.97 Å². The van der Waals surface area contributed by atoms with Crippen molar-refractivity contribution in [2.24, 2.45) is 5.73 Å². The van der Waals surface area contributed by atoms with E-state index in [2.05, 4.69) is 15.1 Å². The van der Waals surface area contributed by atoms with Gasteiger partial charge in [-0.05, 0) is 20.3 Å². The van der Waals surface area contributed by atoms with Crippen LogP contribution in [-0.2, 0) is 17.9 Å². The molecule has 1 aliphatic heterocycles. The van der Waals surface area contributed by atoms with Gasteiger partial charge in [0, 0.05) is 19.1 Å². The first-order chi connectivity index (χ1) is 8.40. The third kappa shape index (κ3) is 2.51. The van der Waals surface area contributed by atoms with Crippen LogP contribution in [0.1, 0.15) is 26.1 Å². The summed E-state index contributed by atoms with van der Waals surface area (Å²) in [6.07, 6.45) is 2.14. The Morgan fingerprint density at radius 1 is 1.67 bits per heavy atom. The van der Waals surface area contributed by atoms with Gasteiger partial charge in [-0.2, -0.15) is 0 Å². The normalized spacial score (nSPS) is 21.1. The van der Waals surface area contributed by atoms with E-state index in [0.717, 1.165) is 18.9 Å². The van der Waals surface area contributed by atoms with E-state index >= 15 is 0 Å². The number of aliphatic carboxylic acids is 1. The molecule has 2 atom stereocenters. The van der Waals surface area contributed by atoms with Crippen molar-refractivity contribution in [2.45, 2.75) is 44.9 Å². The summed E-state index contributed by atoms with van der Waals surface area (Å²) in [6.45, 7) is 5.94. The van der Waals surface area contributed by atoms with Crippen molar-refractivity contribution in [3.8, 4) is 0 Å². The van der Waals surface area contributed by atoms with Crippen LogP contribution in [-0.4, -0.2) is 48.9 Å². The molecule has 1 aromatic heterocycles. The average Bonchev–Trinajstić information content (AvgIpc) is 2.74.